The van der Waals surface area contributed by atoms with Gasteiger partial charge in [0, 0.05) is 0 Å². The molecule has 0 unspecified atom stereocenters. The third kappa shape index (κ3) is 1.44. The van der Waals surface area contributed by atoms with Crippen molar-refractivity contribution in [3.63, 3.8) is 0 Å². The molecule has 20 heavy (non-hydrogen) atoms. The normalized spacial score (nSPS) is 13.7. The van der Waals surface area contributed by atoms with Gasteiger partial charge in [-0.05, 0) is 6.07 Å². The van der Waals surface area contributed by atoms with E-state index in [9.17, 15) is 24.3 Å². The second kappa shape index (κ2) is 3.85. The number of nitrogens with zero attached hydrogens (tertiary/aromatic N) is 3. The van der Waals surface area contributed by atoms with Crippen LogP contribution in [0.15, 0.2) is 21.9 Å². The molecule has 10 heteroatoms. The zero-order chi connectivity index (χ0) is 14.4. The third-order valence-electron chi connectivity index (χ3n) is 2.68. The molecule has 0 radical (unpaired) electrons. The van der Waals surface area contributed by atoms with Crippen LogP contribution in [0, 0.1) is 0 Å². The standard InChI is InChI=1S/C10H5N5O5/c16-6-5(7(17)13-10(20)12-6)15-8(18)3-1-2-11-14-4(3)9(15)19/h1-2H,(H3,12,13,16,17,20). The van der Waals surface area contributed by atoms with Crippen LogP contribution in [0.1, 0.15) is 20.8 Å². The van der Waals surface area contributed by atoms with E-state index >= 15 is 0 Å². The van der Waals surface area contributed by atoms with E-state index in [1.54, 1.807) is 0 Å². The molecule has 0 atom stereocenters. The average Bonchev–Trinajstić information content (AvgIpc) is 2.64. The molecule has 2 aromatic rings. The van der Waals surface area contributed by atoms with Crippen molar-refractivity contribution in [2.24, 2.45) is 0 Å². The van der Waals surface area contributed by atoms with Crippen LogP contribution in [-0.2, 0) is 0 Å². The fourth-order valence-electron chi connectivity index (χ4n) is 1.86. The predicted octanol–water partition coefficient (Wildman–Crippen LogP) is -1.64. The molecule has 0 saturated carbocycles. The summed E-state index contributed by atoms with van der Waals surface area (Å²) in [5.74, 6) is -2.64. The molecule has 3 N–H and O–H groups in total. The number of aromatic nitrogens is 4. The summed E-state index contributed by atoms with van der Waals surface area (Å²) in [6.45, 7) is 0. The molecule has 3 heterocycles. The summed E-state index contributed by atoms with van der Waals surface area (Å²) in [5, 5.41) is 16.6. The maximum atomic E-state index is 12.1. The van der Waals surface area contributed by atoms with E-state index in [0.717, 1.165) is 0 Å². The number of carbonyl (C=O) groups excluding carboxylic acids is 2. The number of imide groups is 1. The van der Waals surface area contributed by atoms with Gasteiger partial charge in [-0.25, -0.2) is 9.69 Å². The Morgan fingerprint density at radius 3 is 2.50 bits per heavy atom. The zero-order valence-corrected chi connectivity index (χ0v) is 9.58. The number of hydrogen-bond donors (Lipinski definition) is 3. The zero-order valence-electron chi connectivity index (χ0n) is 9.58. The van der Waals surface area contributed by atoms with Crippen LogP contribution >= 0.6 is 0 Å². The maximum absolute atomic E-state index is 12.1. The number of fused-ring (bicyclic) bond motifs is 1. The largest absolute Gasteiger partial charge is 0.493 e. The van der Waals surface area contributed by atoms with Crippen LogP contribution in [0.5, 0.6) is 5.88 Å². The minimum absolute atomic E-state index is 0.0463. The van der Waals surface area contributed by atoms with Gasteiger partial charge in [-0.2, -0.15) is 5.10 Å². The lowest BCUT2D eigenvalue weighted by Gasteiger charge is -2.12. The molecule has 0 fully saturated rings. The van der Waals surface area contributed by atoms with Crippen molar-refractivity contribution in [1.29, 1.82) is 0 Å². The van der Waals surface area contributed by atoms with E-state index in [-0.39, 0.29) is 11.3 Å². The van der Waals surface area contributed by atoms with E-state index < -0.39 is 34.6 Å². The maximum Gasteiger partial charge on any atom is 0.328 e. The second-order valence-corrected chi connectivity index (χ2v) is 3.84. The van der Waals surface area contributed by atoms with Gasteiger partial charge in [0.15, 0.2) is 11.4 Å². The van der Waals surface area contributed by atoms with Crippen LogP contribution in [0.3, 0.4) is 0 Å². The van der Waals surface area contributed by atoms with Crippen LogP contribution < -0.4 is 16.1 Å². The molecular formula is C10H5N5O5. The summed E-state index contributed by atoms with van der Waals surface area (Å²) in [4.78, 5) is 50.9. The molecule has 2 aromatic heterocycles. The lowest BCUT2D eigenvalue weighted by atomic mass is 10.2. The smallest absolute Gasteiger partial charge is 0.328 e. The summed E-state index contributed by atoms with van der Waals surface area (Å²) >= 11 is 0. The van der Waals surface area contributed by atoms with Crippen molar-refractivity contribution in [3.05, 3.63) is 44.4 Å². The van der Waals surface area contributed by atoms with Crippen molar-refractivity contribution >= 4 is 17.5 Å². The van der Waals surface area contributed by atoms with Crippen molar-refractivity contribution in [1.82, 2.24) is 20.2 Å². The van der Waals surface area contributed by atoms with Crippen LogP contribution in [0.25, 0.3) is 0 Å². The van der Waals surface area contributed by atoms with Gasteiger partial charge in [0.2, 0.25) is 5.88 Å². The Kier molecular flexibility index (Phi) is 2.26. The summed E-state index contributed by atoms with van der Waals surface area (Å²) in [6, 6.07) is 1.26. The van der Waals surface area contributed by atoms with Crippen molar-refractivity contribution in [2.75, 3.05) is 4.90 Å². The quantitative estimate of drug-likeness (QED) is 0.528. The van der Waals surface area contributed by atoms with Crippen LogP contribution in [0.2, 0.25) is 0 Å². The Balaban J connectivity index is 2.25. The number of nitrogens with one attached hydrogen (secondary N) is 2. The highest BCUT2D eigenvalue weighted by atomic mass is 16.3. The average molecular weight is 275 g/mol. The summed E-state index contributed by atoms with van der Waals surface area (Å²) in [5.41, 5.74) is -2.99. The molecule has 0 aliphatic carbocycles. The lowest BCUT2D eigenvalue weighted by molar-refractivity contribution is 0.0922. The second-order valence-electron chi connectivity index (χ2n) is 3.84. The summed E-state index contributed by atoms with van der Waals surface area (Å²) in [7, 11) is 0. The van der Waals surface area contributed by atoms with Crippen molar-refractivity contribution < 1.29 is 14.7 Å². The van der Waals surface area contributed by atoms with Gasteiger partial charge < -0.3 is 5.11 Å². The molecule has 3 rings (SSSR count). The molecule has 0 saturated heterocycles. The first-order valence-electron chi connectivity index (χ1n) is 5.26. The summed E-state index contributed by atoms with van der Waals surface area (Å²) in [6.07, 6.45) is 1.21. The highest BCUT2D eigenvalue weighted by Crippen LogP contribution is 2.27. The van der Waals surface area contributed by atoms with Gasteiger partial charge in [-0.1, -0.05) is 0 Å². The van der Waals surface area contributed by atoms with Crippen molar-refractivity contribution in [2.45, 2.75) is 0 Å². The van der Waals surface area contributed by atoms with E-state index in [0.29, 0.717) is 4.90 Å². The Bertz CT molecular complexity index is 832. The molecule has 0 aromatic carbocycles. The van der Waals surface area contributed by atoms with E-state index in [4.69, 9.17) is 0 Å². The molecule has 0 bridgehead atoms. The Hall–Kier alpha value is -3.30. The first-order valence-corrected chi connectivity index (χ1v) is 5.26. The van der Waals surface area contributed by atoms with Crippen molar-refractivity contribution in [3.8, 4) is 5.88 Å². The number of H-pyrrole nitrogens is 2. The molecule has 100 valence electrons. The number of hydrogen-bond acceptors (Lipinski definition) is 7. The van der Waals surface area contributed by atoms with Gasteiger partial charge in [0.1, 0.15) is 0 Å². The minimum atomic E-state index is -1.08. The molecule has 2 amide bonds. The topological polar surface area (TPSA) is 149 Å². The highest BCUT2D eigenvalue weighted by Gasteiger charge is 2.41. The Morgan fingerprint density at radius 2 is 1.85 bits per heavy atom. The van der Waals surface area contributed by atoms with Crippen LogP contribution in [0.4, 0.5) is 5.69 Å². The van der Waals surface area contributed by atoms with E-state index in [1.165, 1.54) is 12.3 Å². The summed E-state index contributed by atoms with van der Waals surface area (Å²) < 4.78 is 0. The van der Waals surface area contributed by atoms with Gasteiger partial charge >= 0.3 is 5.69 Å². The Labute approximate surface area is 108 Å². The number of amides is 2. The van der Waals surface area contributed by atoms with Gasteiger partial charge in [0.25, 0.3) is 17.4 Å². The minimum Gasteiger partial charge on any atom is -0.493 e. The fourth-order valence-corrected chi connectivity index (χ4v) is 1.86. The first kappa shape index (κ1) is 11.8. The number of anilines is 1. The molecule has 0 spiro atoms. The number of aromatic amines is 2. The highest BCUT2D eigenvalue weighted by molar-refractivity contribution is 6.33. The van der Waals surface area contributed by atoms with Crippen LogP contribution in [-0.4, -0.2) is 37.1 Å². The monoisotopic (exact) mass is 275 g/mol. The van der Waals surface area contributed by atoms with Gasteiger partial charge in [-0.3, -0.25) is 24.4 Å². The molecular weight excluding hydrogens is 270 g/mol. The van der Waals surface area contributed by atoms with Gasteiger partial charge in [-0.15, -0.1) is 5.10 Å². The first-order chi connectivity index (χ1) is 9.50. The van der Waals surface area contributed by atoms with E-state index in [2.05, 4.69) is 10.2 Å². The number of rotatable bonds is 1. The number of aromatic hydroxyl groups is 1. The lowest BCUT2D eigenvalue weighted by Crippen LogP contribution is -2.36. The van der Waals surface area contributed by atoms with Gasteiger partial charge in [0.05, 0.1) is 11.8 Å². The fraction of sp³-hybridized carbons (Fsp3) is 0. The number of carbonyl (C=O) groups is 2. The molecule has 1 aliphatic rings. The SMILES string of the molecule is O=C1c2ccnnc2C(=O)N1c1c(O)[nH]c(=O)[nH]c1=O. The van der Waals surface area contributed by atoms with E-state index in [1.807, 2.05) is 9.97 Å². The third-order valence-corrected chi connectivity index (χ3v) is 2.68. The molecule has 1 aliphatic heterocycles. The Morgan fingerprint density at radius 1 is 1.10 bits per heavy atom. The molecule has 10 nitrogen and oxygen atoms in total. The predicted molar refractivity (Wildman–Crippen MR) is 62.5 cm³/mol.